The molecular formula is C78H73F2N6O14S3+. The molecule has 2 amide bonds. The van der Waals surface area contributed by atoms with Crippen molar-refractivity contribution >= 4 is 72.9 Å². The maximum Gasteiger partial charge on any atom is 0.355 e. The molecular weight excluding hydrogens is 1380 g/mol. The van der Waals surface area contributed by atoms with Crippen LogP contribution in [0.15, 0.2) is 256 Å². The number of thiophene rings is 1. The van der Waals surface area contributed by atoms with Crippen LogP contribution in [0.25, 0.3) is 10.2 Å². The number of aromatic nitrogens is 1. The van der Waals surface area contributed by atoms with Gasteiger partial charge in [0, 0.05) is 47.7 Å². The van der Waals surface area contributed by atoms with Gasteiger partial charge in [-0.3, -0.25) is 14.5 Å². The van der Waals surface area contributed by atoms with Crippen molar-refractivity contribution < 1.29 is 80.0 Å². The maximum absolute atomic E-state index is 17.9. The second-order valence-corrected chi connectivity index (χ2v) is 26.8. The number of amides is 2. The number of amidine groups is 1. The zero-order valence-electron chi connectivity index (χ0n) is 56.3. The number of carbonyl (C=O) groups excluding carboxylic acids is 4. The third-order valence-electron chi connectivity index (χ3n) is 16.8. The smallest absolute Gasteiger partial charge is 0.355 e. The third kappa shape index (κ3) is 17.1. The molecule has 4 atom stereocenters. The first kappa shape index (κ1) is 72.6. The van der Waals surface area contributed by atoms with Crippen LogP contribution in [-0.2, 0) is 81.8 Å². The summed E-state index contributed by atoms with van der Waals surface area (Å²) in [6.07, 6.45) is 2.00. The molecule has 0 bridgehead atoms. The minimum Gasteiger partial charge on any atom is -0.497 e. The largest absolute Gasteiger partial charge is 0.497 e. The molecule has 103 heavy (non-hydrogen) atoms. The van der Waals surface area contributed by atoms with Crippen LogP contribution in [0.3, 0.4) is 0 Å². The number of nitrogens with one attached hydrogen (secondary N) is 2. The lowest BCUT2D eigenvalue weighted by Crippen LogP contribution is -2.70. The number of allylic oxidation sites excluding steroid dienone is 2. The van der Waals surface area contributed by atoms with E-state index in [4.69, 9.17) is 57.0 Å². The number of ether oxygens (including phenoxy) is 9. The Kier molecular flexibility index (Phi) is 24.7. The summed E-state index contributed by atoms with van der Waals surface area (Å²) in [5.41, 5.74) is 2.83. The van der Waals surface area contributed by atoms with Gasteiger partial charge in [0.25, 0.3) is 10.7 Å². The molecule has 1 saturated heterocycles. The lowest BCUT2D eigenvalue weighted by Gasteiger charge is -2.49. The number of thioether (sulfide) groups is 1. The zero-order valence-corrected chi connectivity index (χ0v) is 58.8. The number of halogens is 2. The van der Waals surface area contributed by atoms with E-state index in [1.165, 1.54) is 30.9 Å². The van der Waals surface area contributed by atoms with Gasteiger partial charge in [0.05, 0.1) is 51.0 Å². The Morgan fingerprint density at radius 3 is 1.95 bits per heavy atom. The van der Waals surface area contributed by atoms with E-state index in [1.54, 1.807) is 109 Å². The predicted octanol–water partition coefficient (Wildman–Crippen LogP) is 12.4. The van der Waals surface area contributed by atoms with Crippen LogP contribution in [0.1, 0.15) is 57.6 Å². The van der Waals surface area contributed by atoms with E-state index in [0.717, 1.165) is 33.0 Å². The van der Waals surface area contributed by atoms with Crippen molar-refractivity contribution in [2.24, 2.45) is 9.52 Å². The van der Waals surface area contributed by atoms with Gasteiger partial charge < -0.3 is 53.3 Å². The number of hydrogen-bond donors (Lipinski definition) is 2. The second-order valence-electron chi connectivity index (χ2n) is 23.4. The fourth-order valence-electron chi connectivity index (χ4n) is 11.8. The molecule has 2 aromatic heterocycles. The maximum atomic E-state index is 17.9. The molecule has 3 aliphatic rings. The number of fused-ring (bicyclic) bond motifs is 2. The summed E-state index contributed by atoms with van der Waals surface area (Å²) in [5, 5.41) is 10.7. The van der Waals surface area contributed by atoms with E-state index in [1.807, 2.05) is 133 Å². The van der Waals surface area contributed by atoms with E-state index in [-0.39, 0.29) is 49.6 Å². The first-order valence-electron chi connectivity index (χ1n) is 32.8. The van der Waals surface area contributed by atoms with Gasteiger partial charge >= 0.3 is 11.9 Å². The Morgan fingerprint density at radius 1 is 0.748 bits per heavy atom. The molecule has 0 saturated carbocycles. The highest BCUT2D eigenvalue weighted by Crippen LogP contribution is 2.44. The minimum atomic E-state index is -2.21. The summed E-state index contributed by atoms with van der Waals surface area (Å²) < 4.78 is 92.0. The molecule has 20 nitrogen and oxygen atoms in total. The number of methoxy groups -OCH3 is 3. The first-order chi connectivity index (χ1) is 50.5. The first-order valence-corrected chi connectivity index (χ1v) is 36.0. The lowest BCUT2D eigenvalue weighted by molar-refractivity contribution is -0.658. The van der Waals surface area contributed by atoms with Gasteiger partial charge in [-0.05, 0) is 80.7 Å². The molecule has 3 unspecified atom stereocenters. The highest BCUT2D eigenvalue weighted by atomic mass is 32.2. The van der Waals surface area contributed by atoms with Crippen LogP contribution in [0.4, 0.5) is 8.78 Å². The highest BCUT2D eigenvalue weighted by molar-refractivity contribution is 8.05. The molecule has 3 aliphatic heterocycles. The molecule has 0 radical (unpaired) electrons. The molecule has 1 fully saturated rings. The third-order valence-corrected chi connectivity index (χ3v) is 20.4. The molecule has 0 aliphatic carbocycles. The molecule has 530 valence electrons. The second kappa shape index (κ2) is 35.1. The summed E-state index contributed by atoms with van der Waals surface area (Å²) in [5.74, 6) is -6.14. The Balaban J connectivity index is 0.905. The monoisotopic (exact) mass is 1450 g/mol. The number of pyridine rings is 1. The Bertz CT molecular complexity index is 4460. The van der Waals surface area contributed by atoms with Crippen molar-refractivity contribution in [2.45, 2.75) is 48.7 Å². The lowest BCUT2D eigenvalue weighted by atomic mass is 9.77. The molecule has 2 N–H and O–H groups in total. The fourth-order valence-corrected chi connectivity index (χ4v) is 15.3. The fraction of sp³-hybridized carbons (Fsp3) is 0.231. The summed E-state index contributed by atoms with van der Waals surface area (Å²) >= 11 is 3.00. The van der Waals surface area contributed by atoms with Crippen LogP contribution in [0.2, 0.25) is 0 Å². The highest BCUT2D eigenvalue weighted by Gasteiger charge is 2.54. The van der Waals surface area contributed by atoms with E-state index in [0.29, 0.717) is 40.3 Å². The van der Waals surface area contributed by atoms with E-state index in [2.05, 4.69) is 15.2 Å². The minimum absolute atomic E-state index is 0.0135. The van der Waals surface area contributed by atoms with Crippen molar-refractivity contribution in [1.82, 2.24) is 15.5 Å². The van der Waals surface area contributed by atoms with Crippen molar-refractivity contribution in [3.05, 3.63) is 297 Å². The molecule has 12 rings (SSSR count). The van der Waals surface area contributed by atoms with E-state index < -0.39 is 112 Å². The number of nitrogens with zero attached hydrogens (tertiary/aromatic N) is 4. The zero-order chi connectivity index (χ0) is 71.5. The van der Waals surface area contributed by atoms with E-state index >= 15 is 13.6 Å². The Morgan fingerprint density at radius 2 is 1.35 bits per heavy atom. The number of benzene rings is 7. The average Bonchev–Trinajstić information content (AvgIpc) is 1.13. The normalized spacial score (nSPS) is 16.1. The van der Waals surface area contributed by atoms with Crippen molar-refractivity contribution in [3.8, 4) is 17.2 Å². The Hall–Kier alpha value is -10.2. The standard InChI is InChI=1S/C78H72F2N6O14S3/c1-91-40-42-94-50-97-70-63(79)46-62(65(80)71(70)98-51-95-43-41-92-2)69(76(90)99-68(53-21-9-4-10-22-53)54-23-11-5-12-24-54)100-84-103-49-60(81-77(103)83-78(57-27-13-6-14-28-57,58-29-15-7-16-30-58)59-31-17-8-18-32-59)45-64(87)82-66-72(88)86-67(75(89)96-47-52-33-35-61(93-3)36-34-52)56(48-102-74(66)86)26-20-39-85-38-19-25-55-37-44-101-73(55)85/h4-38,44,46,49,66,68-69,74H,39-43,45,47-48,50-51H2,1-3H3,(H-,81,82,83,87)/p+1/t66-,69?,74?,103?/m0/s1. The summed E-state index contributed by atoms with van der Waals surface area (Å²) in [6, 6.07) is 59.2. The number of β-lactam (4-membered cyclic amide) rings is 1. The number of aliphatic imine (C=N–C) groups is 1. The number of rotatable bonds is 33. The van der Waals surface area contributed by atoms with Crippen molar-refractivity contribution in [2.75, 3.05) is 67.1 Å². The van der Waals surface area contributed by atoms with Gasteiger partial charge in [-0.2, -0.15) is 4.57 Å². The number of hydrogen-bond acceptors (Lipinski definition) is 19. The molecule has 9 aromatic rings. The molecule has 7 aromatic carbocycles. The Labute approximate surface area is 604 Å². The number of esters is 2. The quantitative estimate of drug-likeness (QED) is 0.00743. The van der Waals surface area contributed by atoms with Crippen LogP contribution in [0.5, 0.6) is 17.2 Å². The summed E-state index contributed by atoms with van der Waals surface area (Å²) in [6.45, 7) is -0.400. The molecule has 0 spiro atoms. The van der Waals surface area contributed by atoms with Gasteiger partial charge in [0.15, 0.2) is 49.2 Å². The predicted molar refractivity (Wildman–Crippen MR) is 386 cm³/mol. The van der Waals surface area contributed by atoms with Gasteiger partial charge in [-0.1, -0.05) is 186 Å². The topological polar surface area (TPSA) is 216 Å². The summed E-state index contributed by atoms with van der Waals surface area (Å²) in [4.78, 5) is 73.2. The average molecular weight is 1450 g/mol. The van der Waals surface area contributed by atoms with Crippen molar-refractivity contribution in [3.63, 3.8) is 0 Å². The molecule has 25 heteroatoms. The van der Waals surface area contributed by atoms with Gasteiger partial charge in [0.2, 0.25) is 23.5 Å². The van der Waals surface area contributed by atoms with Crippen LogP contribution < -0.4 is 29.4 Å². The van der Waals surface area contributed by atoms with E-state index in [9.17, 15) is 14.4 Å². The summed E-state index contributed by atoms with van der Waals surface area (Å²) in [7, 11) is 2.73. The van der Waals surface area contributed by atoms with Gasteiger partial charge in [-0.25, -0.2) is 28.2 Å². The van der Waals surface area contributed by atoms with Crippen LogP contribution in [-0.4, -0.2) is 112 Å². The van der Waals surface area contributed by atoms with Gasteiger partial charge in [-0.15, -0.1) is 11.8 Å². The van der Waals surface area contributed by atoms with Crippen LogP contribution >= 0.6 is 23.1 Å². The van der Waals surface area contributed by atoms with Gasteiger partial charge in [0.1, 0.15) is 35.0 Å². The van der Waals surface area contributed by atoms with Crippen LogP contribution in [0, 0.1) is 11.6 Å². The SMILES string of the molecule is COCCOCOc1c(F)cc(C(ON=S2C=C(CC(=O)N[C@H]3C(=O)N4C(C(=O)OCc5ccc(OC)cc5)=C(C=CC[n+]5cccc6ccsc65)CSC34)N=C2NC(c2ccccc2)(c2ccccc2)c2ccccc2)C(=O)OC(c2ccccc2)c2ccccc2)c(F)c1OCOCCOC. The molecule has 5 heterocycles. The van der Waals surface area contributed by atoms with Crippen molar-refractivity contribution in [1.29, 1.82) is 0 Å². The number of carbonyl (C=O) groups is 4.